The van der Waals surface area contributed by atoms with Crippen LogP contribution in [0, 0.1) is 0 Å². The van der Waals surface area contributed by atoms with Crippen molar-refractivity contribution in [1.82, 2.24) is 4.90 Å². The Kier molecular flexibility index (Phi) is 11.4. The highest BCUT2D eigenvalue weighted by Gasteiger charge is 2.53. The van der Waals surface area contributed by atoms with Gasteiger partial charge in [-0.15, -0.1) is 23.2 Å². The molecule has 0 aromatic carbocycles. The molecule has 0 bridgehead atoms. The van der Waals surface area contributed by atoms with Crippen molar-refractivity contribution >= 4 is 47.1 Å². The van der Waals surface area contributed by atoms with Gasteiger partial charge in [-0.3, -0.25) is 24.1 Å². The largest absolute Gasteiger partial charge is 0.463 e. The fraction of sp³-hybridized carbons (Fsp3) is 0.778. The number of hydrogen-bond acceptors (Lipinski definition) is 10. The summed E-state index contributed by atoms with van der Waals surface area (Å²) < 4.78 is 27.0. The topological polar surface area (TPSA) is 118 Å². The summed E-state index contributed by atoms with van der Waals surface area (Å²) in [5.74, 6) is -2.18. The number of esters is 4. The Morgan fingerprint density at radius 1 is 0.800 bits per heavy atom. The Bertz CT molecular complexity index is 612. The number of hydrogen-bond donors (Lipinski definition) is 0. The summed E-state index contributed by atoms with van der Waals surface area (Å²) in [6.45, 7) is 5.01. The molecule has 0 aromatic heterocycles. The molecule has 0 aliphatic carbocycles. The van der Waals surface area contributed by atoms with Crippen molar-refractivity contribution in [2.75, 3.05) is 31.5 Å². The third-order valence-electron chi connectivity index (χ3n) is 4.12. The van der Waals surface area contributed by atoms with Crippen molar-refractivity contribution in [3.8, 4) is 0 Å². The molecular formula is C18H27Cl2NO9. The van der Waals surface area contributed by atoms with Gasteiger partial charge in [0.25, 0.3) is 0 Å². The molecule has 5 atom stereocenters. The molecule has 30 heavy (non-hydrogen) atoms. The summed E-state index contributed by atoms with van der Waals surface area (Å²) in [5.41, 5.74) is 0. The van der Waals surface area contributed by atoms with Crippen LogP contribution in [0.5, 0.6) is 0 Å². The molecule has 0 N–H and O–H groups in total. The summed E-state index contributed by atoms with van der Waals surface area (Å²) in [6, 6.07) is -0.881. The summed E-state index contributed by atoms with van der Waals surface area (Å²) in [7, 11) is 0. The van der Waals surface area contributed by atoms with Crippen LogP contribution in [-0.4, -0.2) is 90.9 Å². The summed E-state index contributed by atoms with van der Waals surface area (Å²) in [5, 5.41) is 0. The van der Waals surface area contributed by atoms with Gasteiger partial charge in [-0.1, -0.05) is 0 Å². The predicted octanol–water partition coefficient (Wildman–Crippen LogP) is 0.849. The van der Waals surface area contributed by atoms with E-state index in [2.05, 4.69) is 0 Å². The van der Waals surface area contributed by atoms with Crippen molar-refractivity contribution in [1.29, 1.82) is 0 Å². The number of alkyl halides is 2. The van der Waals surface area contributed by atoms with Gasteiger partial charge in [0.05, 0.1) is 0 Å². The third-order valence-corrected chi connectivity index (χ3v) is 4.45. The predicted molar refractivity (Wildman–Crippen MR) is 105 cm³/mol. The van der Waals surface area contributed by atoms with Gasteiger partial charge in [-0.25, -0.2) is 0 Å². The van der Waals surface area contributed by atoms with Gasteiger partial charge in [0.15, 0.2) is 12.2 Å². The van der Waals surface area contributed by atoms with Crippen molar-refractivity contribution in [2.24, 2.45) is 0 Å². The standard InChI is InChI=1S/C18H27Cl2NO9/c1-10(22)26-9-14-16(27-11(2)23)17(28-12(3)24)15(18(30-14)29-13(4)25)21(7-5-19)8-6-20/h14-18H,5-9H2,1-4H3/t14-,15-,16-,17+,18+/m0/s1. The highest BCUT2D eigenvalue weighted by Crippen LogP contribution is 2.31. The van der Waals surface area contributed by atoms with E-state index in [4.69, 9.17) is 46.9 Å². The summed E-state index contributed by atoms with van der Waals surface area (Å²) in [4.78, 5) is 48.3. The van der Waals surface area contributed by atoms with E-state index < -0.39 is 54.5 Å². The second-order valence-corrected chi connectivity index (χ2v) is 7.26. The van der Waals surface area contributed by atoms with Crippen LogP contribution in [0.1, 0.15) is 27.7 Å². The molecule has 0 saturated carbocycles. The van der Waals surface area contributed by atoms with E-state index in [0.717, 1.165) is 0 Å². The van der Waals surface area contributed by atoms with Crippen LogP contribution in [0.25, 0.3) is 0 Å². The summed E-state index contributed by atoms with van der Waals surface area (Å²) >= 11 is 11.8. The average molecular weight is 472 g/mol. The molecule has 10 nitrogen and oxygen atoms in total. The fourth-order valence-corrected chi connectivity index (χ4v) is 3.59. The molecule has 1 aliphatic rings. The van der Waals surface area contributed by atoms with E-state index in [-0.39, 0.29) is 18.4 Å². The molecule has 0 radical (unpaired) electrons. The Morgan fingerprint density at radius 3 is 1.73 bits per heavy atom. The van der Waals surface area contributed by atoms with Crippen molar-refractivity contribution < 1.29 is 42.9 Å². The quantitative estimate of drug-likeness (QED) is 0.257. The maximum absolute atomic E-state index is 11.9. The number of nitrogens with zero attached hydrogens (tertiary/aromatic N) is 1. The molecule has 1 aliphatic heterocycles. The first-order valence-corrected chi connectivity index (χ1v) is 10.3. The van der Waals surface area contributed by atoms with Gasteiger partial charge in [-0.05, 0) is 0 Å². The van der Waals surface area contributed by atoms with Gasteiger partial charge in [-0.2, -0.15) is 0 Å². The fourth-order valence-electron chi connectivity index (χ4n) is 3.16. The second-order valence-electron chi connectivity index (χ2n) is 6.51. The van der Waals surface area contributed by atoms with Gasteiger partial charge in [0.2, 0.25) is 6.29 Å². The maximum atomic E-state index is 11.9. The normalized spacial score (nSPS) is 26.0. The SMILES string of the molecule is CC(=O)OC[C@@H]1O[C@@H](OC(C)=O)[C@@H](N(CCCl)CCCl)[C@@H](OC(C)=O)[C@H]1OC(C)=O. The van der Waals surface area contributed by atoms with Crippen LogP contribution in [0.2, 0.25) is 0 Å². The highest BCUT2D eigenvalue weighted by molar-refractivity contribution is 6.18. The van der Waals surface area contributed by atoms with E-state index in [0.29, 0.717) is 13.1 Å². The van der Waals surface area contributed by atoms with Gasteiger partial charge < -0.3 is 23.7 Å². The minimum absolute atomic E-state index is 0.197. The maximum Gasteiger partial charge on any atom is 0.304 e. The van der Waals surface area contributed by atoms with E-state index in [9.17, 15) is 19.2 Å². The lowest BCUT2D eigenvalue weighted by Crippen LogP contribution is -2.67. The number of carbonyl (C=O) groups is 4. The number of ether oxygens (including phenoxy) is 5. The van der Waals surface area contributed by atoms with Gasteiger partial charge in [0, 0.05) is 52.5 Å². The molecule has 1 fully saturated rings. The minimum atomic E-state index is -1.23. The molecule has 0 spiro atoms. The van der Waals surface area contributed by atoms with E-state index in [1.807, 2.05) is 0 Å². The Labute approximate surface area is 185 Å². The molecule has 0 aromatic rings. The lowest BCUT2D eigenvalue weighted by Gasteiger charge is -2.48. The zero-order valence-electron chi connectivity index (χ0n) is 17.3. The van der Waals surface area contributed by atoms with E-state index >= 15 is 0 Å². The lowest BCUT2D eigenvalue weighted by atomic mass is 9.94. The zero-order chi connectivity index (χ0) is 22.8. The lowest BCUT2D eigenvalue weighted by molar-refractivity contribution is -0.285. The highest BCUT2D eigenvalue weighted by atomic mass is 35.5. The monoisotopic (exact) mass is 471 g/mol. The average Bonchev–Trinajstić information content (AvgIpc) is 2.61. The van der Waals surface area contributed by atoms with Crippen LogP contribution in [0.4, 0.5) is 0 Å². The summed E-state index contributed by atoms with van der Waals surface area (Å²) in [6.07, 6.45) is -4.55. The first-order valence-electron chi connectivity index (χ1n) is 9.27. The number of rotatable bonds is 10. The van der Waals surface area contributed by atoms with E-state index in [1.165, 1.54) is 27.7 Å². The first kappa shape index (κ1) is 26.4. The van der Waals surface area contributed by atoms with Crippen LogP contribution in [-0.2, 0) is 42.9 Å². The van der Waals surface area contributed by atoms with Crippen LogP contribution in [0.15, 0.2) is 0 Å². The minimum Gasteiger partial charge on any atom is -0.463 e. The van der Waals surface area contributed by atoms with Crippen molar-refractivity contribution in [3.63, 3.8) is 0 Å². The van der Waals surface area contributed by atoms with Crippen molar-refractivity contribution in [2.45, 2.75) is 58.3 Å². The molecule has 1 rings (SSSR count). The number of halogens is 2. The third kappa shape index (κ3) is 8.25. The van der Waals surface area contributed by atoms with Gasteiger partial charge in [0.1, 0.15) is 18.8 Å². The molecule has 12 heteroatoms. The smallest absolute Gasteiger partial charge is 0.304 e. The van der Waals surface area contributed by atoms with Crippen LogP contribution in [0.3, 0.4) is 0 Å². The van der Waals surface area contributed by atoms with Crippen LogP contribution < -0.4 is 0 Å². The Balaban J connectivity index is 3.43. The number of carbonyl (C=O) groups excluding carboxylic acids is 4. The van der Waals surface area contributed by atoms with Gasteiger partial charge >= 0.3 is 23.9 Å². The molecule has 1 saturated heterocycles. The molecule has 172 valence electrons. The van der Waals surface area contributed by atoms with E-state index in [1.54, 1.807) is 4.90 Å². The second kappa shape index (κ2) is 12.9. The zero-order valence-corrected chi connectivity index (χ0v) is 18.8. The molecule has 1 heterocycles. The van der Waals surface area contributed by atoms with Crippen LogP contribution >= 0.6 is 23.2 Å². The molecular weight excluding hydrogens is 445 g/mol. The Hall–Kier alpha value is -1.62. The first-order chi connectivity index (χ1) is 14.1. The molecule has 0 amide bonds. The van der Waals surface area contributed by atoms with Crippen molar-refractivity contribution in [3.05, 3.63) is 0 Å². The Morgan fingerprint density at radius 2 is 1.30 bits per heavy atom. The molecule has 0 unspecified atom stereocenters.